The van der Waals surface area contributed by atoms with Gasteiger partial charge in [0.25, 0.3) is 0 Å². The van der Waals surface area contributed by atoms with Gasteiger partial charge in [-0.25, -0.2) is 0 Å². The number of carbonyl (C=O) groups is 1. The van der Waals surface area contributed by atoms with Gasteiger partial charge in [0.1, 0.15) is 6.73 Å². The average molecular weight is 293 g/mol. The van der Waals surface area contributed by atoms with Crippen molar-refractivity contribution in [1.82, 2.24) is 4.90 Å². The van der Waals surface area contributed by atoms with Crippen molar-refractivity contribution in [2.45, 2.75) is 32.2 Å². The standard InChI is InChI=1S/C16H23NO4/c1-16(2)10-21-11-17(16)15(18)8-6-12-5-7-13(19-3)14(9-12)20-4/h5,7,9H,6,8,10-11H2,1-4H3. The van der Waals surface area contributed by atoms with E-state index in [1.165, 1.54) is 0 Å². The first kappa shape index (κ1) is 15.6. The van der Waals surface area contributed by atoms with Crippen LogP contribution in [0, 0.1) is 0 Å². The maximum Gasteiger partial charge on any atom is 0.225 e. The van der Waals surface area contributed by atoms with E-state index in [1.807, 2.05) is 32.0 Å². The van der Waals surface area contributed by atoms with E-state index < -0.39 is 0 Å². The molecule has 0 saturated carbocycles. The number of hydrogen-bond acceptors (Lipinski definition) is 4. The molecule has 1 heterocycles. The fraction of sp³-hybridized carbons (Fsp3) is 0.562. The molecule has 21 heavy (non-hydrogen) atoms. The average Bonchev–Trinajstić information content (AvgIpc) is 2.83. The molecule has 2 rings (SSSR count). The SMILES string of the molecule is COc1ccc(CCC(=O)N2COCC2(C)C)cc1OC. The number of hydrogen-bond donors (Lipinski definition) is 0. The summed E-state index contributed by atoms with van der Waals surface area (Å²) in [6.07, 6.45) is 1.13. The van der Waals surface area contributed by atoms with E-state index in [4.69, 9.17) is 14.2 Å². The lowest BCUT2D eigenvalue weighted by molar-refractivity contribution is -0.135. The number of amides is 1. The minimum atomic E-state index is -0.214. The minimum absolute atomic E-state index is 0.118. The highest BCUT2D eigenvalue weighted by molar-refractivity contribution is 5.77. The summed E-state index contributed by atoms with van der Waals surface area (Å²) in [7, 11) is 3.22. The molecular formula is C16H23NO4. The number of nitrogens with zero attached hydrogens (tertiary/aromatic N) is 1. The molecule has 0 bridgehead atoms. The number of methoxy groups -OCH3 is 2. The van der Waals surface area contributed by atoms with Gasteiger partial charge >= 0.3 is 0 Å². The predicted octanol–water partition coefficient (Wildman–Crippen LogP) is 2.23. The summed E-state index contributed by atoms with van der Waals surface area (Å²) in [5, 5.41) is 0. The zero-order valence-corrected chi connectivity index (χ0v) is 13.1. The van der Waals surface area contributed by atoms with Gasteiger partial charge < -0.3 is 19.1 Å². The number of ether oxygens (including phenoxy) is 3. The highest BCUT2D eigenvalue weighted by Crippen LogP contribution is 2.28. The van der Waals surface area contributed by atoms with Crippen molar-refractivity contribution < 1.29 is 19.0 Å². The molecule has 1 aliphatic rings. The zero-order valence-electron chi connectivity index (χ0n) is 13.1. The highest BCUT2D eigenvalue weighted by Gasteiger charge is 2.35. The van der Waals surface area contributed by atoms with Crippen molar-refractivity contribution in [2.75, 3.05) is 27.6 Å². The van der Waals surface area contributed by atoms with Crippen molar-refractivity contribution in [3.05, 3.63) is 23.8 Å². The highest BCUT2D eigenvalue weighted by atomic mass is 16.5. The molecule has 1 fully saturated rings. The third-order valence-electron chi connectivity index (χ3n) is 3.78. The molecule has 0 atom stereocenters. The van der Waals surface area contributed by atoms with Crippen LogP contribution in [0.1, 0.15) is 25.8 Å². The van der Waals surface area contributed by atoms with E-state index in [0.29, 0.717) is 37.7 Å². The Balaban J connectivity index is 1.98. The Hall–Kier alpha value is -1.75. The molecule has 0 spiro atoms. The lowest BCUT2D eigenvalue weighted by Gasteiger charge is -2.29. The van der Waals surface area contributed by atoms with Gasteiger partial charge in [-0.2, -0.15) is 0 Å². The molecule has 0 unspecified atom stereocenters. The summed E-state index contributed by atoms with van der Waals surface area (Å²) in [6, 6.07) is 5.74. The van der Waals surface area contributed by atoms with E-state index in [1.54, 1.807) is 19.1 Å². The normalized spacial score (nSPS) is 16.9. The predicted molar refractivity (Wildman–Crippen MR) is 79.6 cm³/mol. The van der Waals surface area contributed by atoms with Crippen LogP contribution in [-0.2, 0) is 16.0 Å². The van der Waals surface area contributed by atoms with Gasteiger partial charge in [-0.3, -0.25) is 4.79 Å². The van der Waals surface area contributed by atoms with E-state index in [0.717, 1.165) is 5.56 Å². The first-order valence-corrected chi connectivity index (χ1v) is 7.07. The van der Waals surface area contributed by atoms with E-state index >= 15 is 0 Å². The maximum atomic E-state index is 12.3. The van der Waals surface area contributed by atoms with Crippen LogP contribution in [0.4, 0.5) is 0 Å². The summed E-state index contributed by atoms with van der Waals surface area (Å²) in [6.45, 7) is 5.02. The van der Waals surface area contributed by atoms with Gasteiger partial charge in [0.15, 0.2) is 11.5 Å². The van der Waals surface area contributed by atoms with Crippen molar-refractivity contribution in [2.24, 2.45) is 0 Å². The van der Waals surface area contributed by atoms with Gasteiger partial charge in [0.2, 0.25) is 5.91 Å². The van der Waals surface area contributed by atoms with E-state index in [2.05, 4.69) is 0 Å². The molecular weight excluding hydrogens is 270 g/mol. The molecule has 5 nitrogen and oxygen atoms in total. The molecule has 0 radical (unpaired) electrons. The zero-order chi connectivity index (χ0) is 15.5. The van der Waals surface area contributed by atoms with Crippen LogP contribution in [0.3, 0.4) is 0 Å². The van der Waals surface area contributed by atoms with Crippen molar-refractivity contribution >= 4 is 5.91 Å². The molecule has 1 saturated heterocycles. The van der Waals surface area contributed by atoms with Crippen LogP contribution >= 0.6 is 0 Å². The van der Waals surface area contributed by atoms with Crippen LogP contribution in [-0.4, -0.2) is 43.9 Å². The number of aryl methyl sites for hydroxylation is 1. The monoisotopic (exact) mass is 293 g/mol. The Morgan fingerprint density at radius 3 is 2.57 bits per heavy atom. The molecule has 1 aromatic rings. The molecule has 1 amide bonds. The first-order valence-electron chi connectivity index (χ1n) is 7.07. The van der Waals surface area contributed by atoms with Crippen LogP contribution in [0.2, 0.25) is 0 Å². The fourth-order valence-electron chi connectivity index (χ4n) is 2.47. The van der Waals surface area contributed by atoms with Crippen molar-refractivity contribution in [3.8, 4) is 11.5 Å². The minimum Gasteiger partial charge on any atom is -0.493 e. The lowest BCUT2D eigenvalue weighted by Crippen LogP contribution is -2.44. The first-order chi connectivity index (χ1) is 9.97. The molecule has 0 aromatic heterocycles. The Morgan fingerprint density at radius 2 is 2.00 bits per heavy atom. The molecule has 1 aliphatic heterocycles. The smallest absolute Gasteiger partial charge is 0.225 e. The summed E-state index contributed by atoms with van der Waals surface area (Å²) >= 11 is 0. The topological polar surface area (TPSA) is 48.0 Å². The summed E-state index contributed by atoms with van der Waals surface area (Å²) in [5.41, 5.74) is 0.841. The van der Waals surface area contributed by atoms with Crippen LogP contribution < -0.4 is 9.47 Å². The summed E-state index contributed by atoms with van der Waals surface area (Å²) < 4.78 is 15.9. The maximum absolute atomic E-state index is 12.3. The molecule has 0 aliphatic carbocycles. The molecule has 5 heteroatoms. The van der Waals surface area contributed by atoms with Gasteiger partial charge in [-0.15, -0.1) is 0 Å². The molecule has 116 valence electrons. The summed E-state index contributed by atoms with van der Waals surface area (Å²) in [4.78, 5) is 14.1. The van der Waals surface area contributed by atoms with Gasteiger partial charge in [0.05, 0.1) is 26.4 Å². The number of carbonyl (C=O) groups excluding carboxylic acids is 1. The quantitative estimate of drug-likeness (QED) is 0.835. The Bertz CT molecular complexity index is 513. The Morgan fingerprint density at radius 1 is 1.29 bits per heavy atom. The van der Waals surface area contributed by atoms with Crippen molar-refractivity contribution in [3.63, 3.8) is 0 Å². The second-order valence-corrected chi connectivity index (χ2v) is 5.80. The fourth-order valence-corrected chi connectivity index (χ4v) is 2.47. The largest absolute Gasteiger partial charge is 0.493 e. The van der Waals surface area contributed by atoms with Crippen LogP contribution in [0.15, 0.2) is 18.2 Å². The second-order valence-electron chi connectivity index (χ2n) is 5.80. The molecule has 0 N–H and O–H groups in total. The van der Waals surface area contributed by atoms with Gasteiger partial charge in [-0.05, 0) is 38.0 Å². The number of rotatable bonds is 5. The van der Waals surface area contributed by atoms with Gasteiger partial charge in [-0.1, -0.05) is 6.07 Å². The van der Waals surface area contributed by atoms with Crippen LogP contribution in [0.5, 0.6) is 11.5 Å². The van der Waals surface area contributed by atoms with Gasteiger partial charge in [0, 0.05) is 6.42 Å². The third kappa shape index (κ3) is 3.47. The van der Waals surface area contributed by atoms with E-state index in [-0.39, 0.29) is 11.4 Å². The van der Waals surface area contributed by atoms with Crippen molar-refractivity contribution in [1.29, 1.82) is 0 Å². The second kappa shape index (κ2) is 6.35. The van der Waals surface area contributed by atoms with E-state index in [9.17, 15) is 4.79 Å². The summed E-state index contributed by atoms with van der Waals surface area (Å²) in [5.74, 6) is 1.50. The number of benzene rings is 1. The Kier molecular flexibility index (Phi) is 4.73. The lowest BCUT2D eigenvalue weighted by atomic mass is 10.0. The third-order valence-corrected chi connectivity index (χ3v) is 3.78. The molecule has 1 aromatic carbocycles. The Labute approximate surface area is 125 Å². The van der Waals surface area contributed by atoms with Crippen LogP contribution in [0.25, 0.3) is 0 Å².